The second-order valence-corrected chi connectivity index (χ2v) is 4.36. The number of hydrogen-bond donors (Lipinski definition) is 3. The molecule has 0 atom stereocenters. The van der Waals surface area contributed by atoms with Crippen molar-refractivity contribution in [3.63, 3.8) is 0 Å². The van der Waals surface area contributed by atoms with Crippen molar-refractivity contribution < 1.29 is 9.59 Å². The molecule has 0 aliphatic rings. The molecule has 1 aromatic heterocycles. The van der Waals surface area contributed by atoms with E-state index < -0.39 is 0 Å². The first-order valence-corrected chi connectivity index (χ1v) is 6.35. The summed E-state index contributed by atoms with van der Waals surface area (Å²) in [5.41, 5.74) is 0.788. The molecule has 0 fully saturated rings. The quantitative estimate of drug-likeness (QED) is 0.724. The second kappa shape index (κ2) is 6.72. The third-order valence-corrected chi connectivity index (χ3v) is 2.89. The Morgan fingerprint density at radius 1 is 1.15 bits per heavy atom. The van der Waals surface area contributed by atoms with Crippen LogP contribution in [0, 0.1) is 0 Å². The van der Waals surface area contributed by atoms with Gasteiger partial charge in [-0.2, -0.15) is 0 Å². The molecule has 3 N–H and O–H groups in total. The van der Waals surface area contributed by atoms with Gasteiger partial charge in [-0.05, 0) is 12.1 Å². The molecular weight excluding hydrogens is 280 g/mol. The first-order chi connectivity index (χ1) is 9.68. The maximum Gasteiger partial charge on any atom is 0.269 e. The zero-order valence-corrected chi connectivity index (χ0v) is 11.3. The van der Waals surface area contributed by atoms with Crippen LogP contribution < -0.4 is 10.6 Å². The number of aromatic amines is 1. The zero-order chi connectivity index (χ0) is 14.4. The van der Waals surface area contributed by atoms with E-state index in [2.05, 4.69) is 20.6 Å². The van der Waals surface area contributed by atoms with Crippen molar-refractivity contribution in [2.45, 2.75) is 0 Å². The molecule has 7 heteroatoms. The van der Waals surface area contributed by atoms with Gasteiger partial charge in [0, 0.05) is 13.1 Å². The minimum Gasteiger partial charge on any atom is -0.350 e. The van der Waals surface area contributed by atoms with Crippen LogP contribution in [0.1, 0.15) is 20.8 Å². The molecule has 0 saturated carbocycles. The van der Waals surface area contributed by atoms with Crippen LogP contribution in [-0.4, -0.2) is 34.9 Å². The average molecular weight is 293 g/mol. The van der Waals surface area contributed by atoms with Crippen LogP contribution in [0.3, 0.4) is 0 Å². The predicted octanol–water partition coefficient (Wildman–Crippen LogP) is 1.22. The molecule has 0 spiro atoms. The van der Waals surface area contributed by atoms with Gasteiger partial charge in [0.05, 0.1) is 23.1 Å². The monoisotopic (exact) mass is 292 g/mol. The summed E-state index contributed by atoms with van der Waals surface area (Å²) < 4.78 is 0. The first kappa shape index (κ1) is 14.1. The molecule has 1 aromatic carbocycles. The van der Waals surface area contributed by atoms with Crippen LogP contribution in [0.5, 0.6) is 0 Å². The fourth-order valence-corrected chi connectivity index (χ4v) is 1.79. The highest BCUT2D eigenvalue weighted by molar-refractivity contribution is 6.33. The fourth-order valence-electron chi connectivity index (χ4n) is 1.57. The van der Waals surface area contributed by atoms with Gasteiger partial charge in [0.25, 0.3) is 11.8 Å². The minimum atomic E-state index is -0.272. The van der Waals surface area contributed by atoms with Gasteiger partial charge in [0.2, 0.25) is 0 Å². The number of carbonyl (C=O) groups excluding carboxylic acids is 2. The smallest absolute Gasteiger partial charge is 0.269 e. The van der Waals surface area contributed by atoms with Gasteiger partial charge in [-0.3, -0.25) is 9.59 Å². The highest BCUT2D eigenvalue weighted by Crippen LogP contribution is 2.14. The number of hydrogen-bond acceptors (Lipinski definition) is 3. The molecular formula is C13H13ClN4O2. The Hall–Kier alpha value is -2.34. The Labute approximate surface area is 120 Å². The highest BCUT2D eigenvalue weighted by atomic mass is 35.5. The van der Waals surface area contributed by atoms with Crippen LogP contribution in [0.25, 0.3) is 0 Å². The van der Waals surface area contributed by atoms with E-state index in [1.165, 1.54) is 12.5 Å². The third kappa shape index (κ3) is 3.58. The summed E-state index contributed by atoms with van der Waals surface area (Å²) >= 11 is 5.91. The minimum absolute atomic E-state index is 0.269. The van der Waals surface area contributed by atoms with Crippen molar-refractivity contribution in [3.8, 4) is 0 Å². The summed E-state index contributed by atoms with van der Waals surface area (Å²) in [7, 11) is 0. The highest BCUT2D eigenvalue weighted by Gasteiger charge is 2.09. The summed E-state index contributed by atoms with van der Waals surface area (Å²) in [6.07, 6.45) is 2.85. The number of nitrogens with zero attached hydrogens (tertiary/aromatic N) is 1. The summed E-state index contributed by atoms with van der Waals surface area (Å²) in [6, 6.07) is 6.78. The van der Waals surface area contributed by atoms with Crippen molar-refractivity contribution in [1.82, 2.24) is 20.6 Å². The Morgan fingerprint density at radius 2 is 1.85 bits per heavy atom. The maximum absolute atomic E-state index is 11.8. The summed E-state index contributed by atoms with van der Waals surface area (Å²) in [6.45, 7) is 0.623. The molecule has 2 aromatic rings. The first-order valence-electron chi connectivity index (χ1n) is 5.98. The summed E-state index contributed by atoms with van der Waals surface area (Å²) in [4.78, 5) is 29.8. The molecule has 0 saturated heterocycles. The van der Waals surface area contributed by atoms with E-state index in [0.29, 0.717) is 29.4 Å². The number of aromatic nitrogens is 2. The van der Waals surface area contributed by atoms with E-state index in [1.807, 2.05) is 0 Å². The number of nitrogens with one attached hydrogen (secondary N) is 3. The molecule has 2 rings (SSSR count). The molecule has 0 aliphatic carbocycles. The van der Waals surface area contributed by atoms with Crippen molar-refractivity contribution in [2.24, 2.45) is 0 Å². The molecule has 6 nitrogen and oxygen atoms in total. The molecule has 104 valence electrons. The Balaban J connectivity index is 1.75. The average Bonchev–Trinajstić information content (AvgIpc) is 2.98. The number of H-pyrrole nitrogens is 1. The number of benzene rings is 1. The number of halogens is 1. The molecule has 0 unspecified atom stereocenters. The molecule has 2 amide bonds. The lowest BCUT2D eigenvalue weighted by Gasteiger charge is -2.07. The summed E-state index contributed by atoms with van der Waals surface area (Å²) in [5, 5.41) is 5.72. The predicted molar refractivity (Wildman–Crippen MR) is 74.7 cm³/mol. The lowest BCUT2D eigenvalue weighted by Crippen LogP contribution is -2.34. The van der Waals surface area contributed by atoms with Crippen LogP contribution >= 0.6 is 11.6 Å². The van der Waals surface area contributed by atoms with E-state index in [1.54, 1.807) is 24.3 Å². The molecule has 1 heterocycles. The third-order valence-electron chi connectivity index (χ3n) is 2.56. The van der Waals surface area contributed by atoms with E-state index in [9.17, 15) is 9.59 Å². The normalized spacial score (nSPS) is 10.1. The number of carbonyl (C=O) groups is 2. The van der Waals surface area contributed by atoms with Gasteiger partial charge in [-0.15, -0.1) is 0 Å². The Morgan fingerprint density at radius 3 is 2.50 bits per heavy atom. The lowest BCUT2D eigenvalue weighted by molar-refractivity contribution is 0.0925. The number of rotatable bonds is 5. The number of amides is 2. The Bertz CT molecular complexity index is 598. The number of imidazole rings is 1. The zero-order valence-electron chi connectivity index (χ0n) is 10.5. The van der Waals surface area contributed by atoms with Crippen molar-refractivity contribution >= 4 is 23.4 Å². The van der Waals surface area contributed by atoms with Crippen molar-refractivity contribution in [2.75, 3.05) is 13.1 Å². The van der Waals surface area contributed by atoms with Gasteiger partial charge >= 0.3 is 0 Å². The van der Waals surface area contributed by atoms with Crippen molar-refractivity contribution in [3.05, 3.63) is 53.1 Å². The lowest BCUT2D eigenvalue weighted by atomic mass is 10.2. The van der Waals surface area contributed by atoms with Gasteiger partial charge in [0.15, 0.2) is 0 Å². The van der Waals surface area contributed by atoms with Gasteiger partial charge < -0.3 is 15.6 Å². The van der Waals surface area contributed by atoms with Crippen LogP contribution in [-0.2, 0) is 0 Å². The van der Waals surface area contributed by atoms with E-state index in [0.717, 1.165) is 0 Å². The van der Waals surface area contributed by atoms with E-state index >= 15 is 0 Å². The molecule has 0 bridgehead atoms. The SMILES string of the molecule is O=C(NCCNC(=O)c1ccccc1Cl)c1cnc[nH]1. The van der Waals surface area contributed by atoms with Crippen LogP contribution in [0.15, 0.2) is 36.8 Å². The Kier molecular flexibility index (Phi) is 4.73. The van der Waals surface area contributed by atoms with E-state index in [-0.39, 0.29) is 11.8 Å². The maximum atomic E-state index is 11.8. The standard InChI is InChI=1S/C13H13ClN4O2/c14-10-4-2-1-3-9(10)12(19)16-5-6-17-13(20)11-7-15-8-18-11/h1-4,7-8H,5-6H2,(H,15,18)(H,16,19)(H,17,20). The fraction of sp³-hybridized carbons (Fsp3) is 0.154. The molecule has 0 radical (unpaired) electrons. The van der Waals surface area contributed by atoms with Gasteiger partial charge in [0.1, 0.15) is 5.69 Å². The molecule has 0 aliphatic heterocycles. The topological polar surface area (TPSA) is 86.9 Å². The van der Waals surface area contributed by atoms with E-state index in [4.69, 9.17) is 11.6 Å². The van der Waals surface area contributed by atoms with Crippen molar-refractivity contribution in [1.29, 1.82) is 0 Å². The second-order valence-electron chi connectivity index (χ2n) is 3.96. The summed E-state index contributed by atoms with van der Waals surface area (Å²) in [5.74, 6) is -0.541. The van der Waals surface area contributed by atoms with Gasteiger partial charge in [-0.25, -0.2) is 4.98 Å². The van der Waals surface area contributed by atoms with Crippen LogP contribution in [0.2, 0.25) is 5.02 Å². The molecule has 20 heavy (non-hydrogen) atoms. The van der Waals surface area contributed by atoms with Crippen LogP contribution in [0.4, 0.5) is 0 Å². The van der Waals surface area contributed by atoms with Gasteiger partial charge in [-0.1, -0.05) is 23.7 Å². The largest absolute Gasteiger partial charge is 0.350 e.